The second kappa shape index (κ2) is 5.90. The number of benzene rings is 2. The van der Waals surface area contributed by atoms with Crippen LogP contribution >= 0.6 is 0 Å². The van der Waals surface area contributed by atoms with Crippen LogP contribution in [-0.2, 0) is 6.54 Å². The minimum absolute atomic E-state index is 0.458. The molecule has 2 nitrogen and oxygen atoms in total. The standard InChI is InChI=1S/C16H18F2N2/c1-11-8-13(20(2)3)5-7-16(11)19-10-12-4-6-14(17)15(18)9-12/h4-9,19H,10H2,1-3H3. The fourth-order valence-corrected chi connectivity index (χ4v) is 1.97. The molecule has 2 aromatic carbocycles. The summed E-state index contributed by atoms with van der Waals surface area (Å²) >= 11 is 0. The number of hydrogen-bond donors (Lipinski definition) is 1. The van der Waals surface area contributed by atoms with Crippen molar-refractivity contribution in [1.82, 2.24) is 0 Å². The van der Waals surface area contributed by atoms with Crippen LogP contribution in [0.5, 0.6) is 0 Å². The Balaban J connectivity index is 2.09. The van der Waals surface area contributed by atoms with Crippen LogP contribution in [-0.4, -0.2) is 14.1 Å². The fraction of sp³-hybridized carbons (Fsp3) is 0.250. The molecule has 2 aromatic rings. The third-order valence-corrected chi connectivity index (χ3v) is 3.19. The molecule has 0 saturated carbocycles. The number of aryl methyl sites for hydroxylation is 1. The zero-order valence-electron chi connectivity index (χ0n) is 11.9. The fourth-order valence-electron chi connectivity index (χ4n) is 1.97. The first kappa shape index (κ1) is 14.3. The maximum absolute atomic E-state index is 13.1. The molecule has 0 heterocycles. The lowest BCUT2D eigenvalue weighted by Crippen LogP contribution is -2.09. The van der Waals surface area contributed by atoms with Gasteiger partial charge >= 0.3 is 0 Å². The third-order valence-electron chi connectivity index (χ3n) is 3.19. The van der Waals surface area contributed by atoms with Gasteiger partial charge in [0.15, 0.2) is 11.6 Å². The second-order valence-corrected chi connectivity index (χ2v) is 5.00. The van der Waals surface area contributed by atoms with Gasteiger partial charge in [-0.05, 0) is 48.4 Å². The van der Waals surface area contributed by atoms with Gasteiger partial charge in [-0.25, -0.2) is 8.78 Å². The highest BCUT2D eigenvalue weighted by molar-refractivity contribution is 5.59. The van der Waals surface area contributed by atoms with Crippen molar-refractivity contribution >= 4 is 11.4 Å². The molecule has 2 rings (SSSR count). The maximum atomic E-state index is 13.1. The van der Waals surface area contributed by atoms with E-state index in [2.05, 4.69) is 11.4 Å². The van der Waals surface area contributed by atoms with Crippen molar-refractivity contribution in [2.45, 2.75) is 13.5 Å². The van der Waals surface area contributed by atoms with Gasteiger partial charge in [0.1, 0.15) is 0 Å². The SMILES string of the molecule is Cc1cc(N(C)C)ccc1NCc1ccc(F)c(F)c1. The Morgan fingerprint density at radius 2 is 1.75 bits per heavy atom. The summed E-state index contributed by atoms with van der Waals surface area (Å²) in [5.41, 5.74) is 3.93. The number of hydrogen-bond acceptors (Lipinski definition) is 2. The Morgan fingerprint density at radius 3 is 2.35 bits per heavy atom. The van der Waals surface area contributed by atoms with Gasteiger partial charge in [0.2, 0.25) is 0 Å². The first-order chi connectivity index (χ1) is 9.47. The van der Waals surface area contributed by atoms with Crippen LogP contribution in [0.1, 0.15) is 11.1 Å². The van der Waals surface area contributed by atoms with Crippen LogP contribution in [0.3, 0.4) is 0 Å². The molecule has 0 aromatic heterocycles. The maximum Gasteiger partial charge on any atom is 0.159 e. The van der Waals surface area contributed by atoms with Gasteiger partial charge in [0, 0.05) is 32.0 Å². The normalized spacial score (nSPS) is 10.4. The predicted molar refractivity (Wildman–Crippen MR) is 79.2 cm³/mol. The summed E-state index contributed by atoms with van der Waals surface area (Å²) in [6.07, 6.45) is 0. The molecule has 0 atom stereocenters. The number of nitrogens with zero attached hydrogens (tertiary/aromatic N) is 1. The average molecular weight is 276 g/mol. The van der Waals surface area contributed by atoms with Crippen molar-refractivity contribution < 1.29 is 8.78 Å². The molecule has 0 radical (unpaired) electrons. The van der Waals surface area contributed by atoms with E-state index in [0.717, 1.165) is 23.0 Å². The minimum atomic E-state index is -0.819. The summed E-state index contributed by atoms with van der Waals surface area (Å²) in [7, 11) is 3.98. The summed E-state index contributed by atoms with van der Waals surface area (Å²) in [5, 5.41) is 3.23. The van der Waals surface area contributed by atoms with Crippen molar-refractivity contribution in [3.05, 3.63) is 59.2 Å². The van der Waals surface area contributed by atoms with Crippen LogP contribution in [0.25, 0.3) is 0 Å². The van der Waals surface area contributed by atoms with Gasteiger partial charge < -0.3 is 10.2 Å². The summed E-state index contributed by atoms with van der Waals surface area (Å²) in [6.45, 7) is 2.47. The van der Waals surface area contributed by atoms with Crippen LogP contribution in [0.15, 0.2) is 36.4 Å². The van der Waals surface area contributed by atoms with Crippen LogP contribution in [0.2, 0.25) is 0 Å². The Kier molecular flexibility index (Phi) is 4.23. The Morgan fingerprint density at radius 1 is 1.00 bits per heavy atom. The summed E-state index contributed by atoms with van der Waals surface area (Å²) in [6, 6.07) is 10.0. The zero-order valence-corrected chi connectivity index (χ0v) is 11.9. The topological polar surface area (TPSA) is 15.3 Å². The molecule has 0 aliphatic heterocycles. The van der Waals surface area contributed by atoms with E-state index in [-0.39, 0.29) is 0 Å². The zero-order chi connectivity index (χ0) is 14.7. The molecule has 0 aliphatic rings. The van der Waals surface area contributed by atoms with E-state index in [1.807, 2.05) is 38.1 Å². The molecule has 0 aliphatic carbocycles. The number of anilines is 2. The van der Waals surface area contributed by atoms with Crippen LogP contribution in [0.4, 0.5) is 20.2 Å². The van der Waals surface area contributed by atoms with Crippen molar-refractivity contribution in [2.75, 3.05) is 24.3 Å². The lowest BCUT2D eigenvalue weighted by atomic mass is 10.1. The summed E-state index contributed by atoms with van der Waals surface area (Å²) < 4.78 is 26.0. The first-order valence-electron chi connectivity index (χ1n) is 6.43. The van der Waals surface area contributed by atoms with Crippen LogP contribution < -0.4 is 10.2 Å². The summed E-state index contributed by atoms with van der Waals surface area (Å²) in [4.78, 5) is 2.03. The predicted octanol–water partition coefficient (Wildman–Crippen LogP) is 3.95. The molecule has 0 bridgehead atoms. The monoisotopic (exact) mass is 276 g/mol. The van der Waals surface area contributed by atoms with E-state index >= 15 is 0 Å². The van der Waals surface area contributed by atoms with Gasteiger partial charge in [0.25, 0.3) is 0 Å². The van der Waals surface area contributed by atoms with E-state index in [9.17, 15) is 8.78 Å². The Bertz CT molecular complexity index is 609. The summed E-state index contributed by atoms with van der Waals surface area (Å²) in [5.74, 6) is -1.63. The molecule has 0 fully saturated rings. The smallest absolute Gasteiger partial charge is 0.159 e. The second-order valence-electron chi connectivity index (χ2n) is 5.00. The third kappa shape index (κ3) is 3.26. The minimum Gasteiger partial charge on any atom is -0.381 e. The highest BCUT2D eigenvalue weighted by atomic mass is 19.2. The molecular formula is C16H18F2N2. The van der Waals surface area contributed by atoms with E-state index in [0.29, 0.717) is 12.1 Å². The molecular weight excluding hydrogens is 258 g/mol. The molecule has 0 saturated heterocycles. The largest absolute Gasteiger partial charge is 0.381 e. The van der Waals surface area contributed by atoms with E-state index < -0.39 is 11.6 Å². The highest BCUT2D eigenvalue weighted by Gasteiger charge is 2.04. The van der Waals surface area contributed by atoms with Gasteiger partial charge in [-0.2, -0.15) is 0 Å². The molecule has 0 spiro atoms. The first-order valence-corrected chi connectivity index (χ1v) is 6.43. The van der Waals surface area contributed by atoms with Crippen molar-refractivity contribution in [2.24, 2.45) is 0 Å². The molecule has 106 valence electrons. The molecule has 4 heteroatoms. The number of nitrogens with one attached hydrogen (secondary N) is 1. The van der Waals surface area contributed by atoms with Gasteiger partial charge in [-0.1, -0.05) is 6.07 Å². The Hall–Kier alpha value is -2.10. The van der Waals surface area contributed by atoms with Gasteiger partial charge in [-0.15, -0.1) is 0 Å². The number of halogens is 2. The molecule has 0 unspecified atom stereocenters. The average Bonchev–Trinajstić information content (AvgIpc) is 2.41. The molecule has 0 amide bonds. The van der Waals surface area contributed by atoms with Crippen LogP contribution in [0, 0.1) is 18.6 Å². The van der Waals surface area contributed by atoms with E-state index in [1.165, 1.54) is 6.07 Å². The quantitative estimate of drug-likeness (QED) is 0.909. The lowest BCUT2D eigenvalue weighted by molar-refractivity contribution is 0.507. The highest BCUT2D eigenvalue weighted by Crippen LogP contribution is 2.22. The van der Waals surface area contributed by atoms with E-state index in [1.54, 1.807) is 6.07 Å². The number of rotatable bonds is 4. The molecule has 1 N–H and O–H groups in total. The van der Waals surface area contributed by atoms with Gasteiger partial charge in [0.05, 0.1) is 0 Å². The lowest BCUT2D eigenvalue weighted by Gasteiger charge is -2.16. The molecule has 20 heavy (non-hydrogen) atoms. The Labute approximate surface area is 118 Å². The van der Waals surface area contributed by atoms with Gasteiger partial charge in [-0.3, -0.25) is 0 Å². The van der Waals surface area contributed by atoms with Crippen molar-refractivity contribution in [3.63, 3.8) is 0 Å². The van der Waals surface area contributed by atoms with E-state index in [4.69, 9.17) is 0 Å². The van der Waals surface area contributed by atoms with Crippen molar-refractivity contribution in [1.29, 1.82) is 0 Å². The van der Waals surface area contributed by atoms with Crippen molar-refractivity contribution in [3.8, 4) is 0 Å².